The van der Waals surface area contributed by atoms with Crippen molar-refractivity contribution in [1.82, 2.24) is 0 Å². The van der Waals surface area contributed by atoms with Crippen molar-refractivity contribution in [3.8, 4) is 0 Å². The van der Waals surface area contributed by atoms with Gasteiger partial charge in [-0.3, -0.25) is 28.8 Å². The molecule has 0 rings (SSSR count). The van der Waals surface area contributed by atoms with Crippen molar-refractivity contribution in [3.05, 3.63) is 0 Å². The van der Waals surface area contributed by atoms with Gasteiger partial charge in [0.15, 0.2) is 0 Å². The molecule has 7 heteroatoms. The molecule has 0 amide bonds. The van der Waals surface area contributed by atoms with E-state index in [4.69, 9.17) is 0 Å². The maximum atomic E-state index is 11.5. The average Bonchev–Trinajstić information content (AvgIpc) is 2.80. The third-order valence-electron chi connectivity index (χ3n) is 6.22. The van der Waals surface area contributed by atoms with Gasteiger partial charge in [0.2, 0.25) is 34.7 Å². The number of ketones is 6. The van der Waals surface area contributed by atoms with Crippen LogP contribution in [0.3, 0.4) is 0 Å². The summed E-state index contributed by atoms with van der Waals surface area (Å²) < 4.78 is 0. The first-order chi connectivity index (χ1) is 17.4. The van der Waals surface area contributed by atoms with Gasteiger partial charge >= 0.3 is 19.5 Å². The largest absolute Gasteiger partial charge is 3.00 e. The minimum absolute atomic E-state index is 0. The molecule has 0 heterocycles. The third kappa shape index (κ3) is 18.9. The van der Waals surface area contributed by atoms with E-state index in [9.17, 15) is 28.8 Å². The Labute approximate surface area is 258 Å². The number of carbonyl (C=O) groups is 6. The molecule has 3 atom stereocenters. The fourth-order valence-electron chi connectivity index (χ4n) is 3.47. The van der Waals surface area contributed by atoms with Crippen molar-refractivity contribution >= 4 is 34.7 Å². The van der Waals surface area contributed by atoms with E-state index in [0.29, 0.717) is 0 Å². The molecule has 40 heavy (non-hydrogen) atoms. The molecule has 0 bridgehead atoms. The first kappa shape index (κ1) is 45.6. The molecule has 0 spiro atoms. The zero-order valence-corrected chi connectivity index (χ0v) is 30.0. The summed E-state index contributed by atoms with van der Waals surface area (Å²) in [6.45, 7) is 27.6. The van der Waals surface area contributed by atoms with Gasteiger partial charge in [0, 0.05) is 34.0 Å². The summed E-state index contributed by atoms with van der Waals surface area (Å²) in [5.41, 5.74) is -1.59. The monoisotopic (exact) mass is 654 g/mol. The number of hydrogen-bond acceptors (Lipinski definition) is 6. The maximum absolute atomic E-state index is 11.5. The fraction of sp³-hybridized carbons (Fsp3) is 0.818. The molecule has 6 nitrogen and oxygen atoms in total. The van der Waals surface area contributed by atoms with Crippen molar-refractivity contribution < 1.29 is 48.2 Å². The number of hydrogen-bond donors (Lipinski definition) is 0. The summed E-state index contributed by atoms with van der Waals surface area (Å²) >= 11 is 0. The third-order valence-corrected chi connectivity index (χ3v) is 6.22. The Morgan fingerprint density at radius 2 is 0.575 bits per heavy atom. The van der Waals surface area contributed by atoms with Crippen LogP contribution in [0.4, 0.5) is 0 Å². The zero-order chi connectivity index (χ0) is 31.9. The minimum atomic E-state index is -0.529. The topological polar surface area (TPSA) is 102 Å². The Bertz CT molecular complexity index is 712. The number of rotatable bonds is 12. The van der Waals surface area contributed by atoms with Crippen molar-refractivity contribution in [1.29, 1.82) is 0 Å². The van der Waals surface area contributed by atoms with E-state index in [1.165, 1.54) is 0 Å². The van der Waals surface area contributed by atoms with Crippen molar-refractivity contribution in [3.63, 3.8) is 0 Å². The van der Waals surface area contributed by atoms with E-state index in [2.05, 4.69) is 0 Å². The van der Waals surface area contributed by atoms with Gasteiger partial charge < -0.3 is 0 Å². The molecule has 0 aromatic heterocycles. The molecule has 3 unspecified atom stereocenters. The van der Waals surface area contributed by atoms with Crippen LogP contribution in [0.5, 0.6) is 0 Å². The van der Waals surface area contributed by atoms with Crippen LogP contribution in [0, 0.1) is 34.0 Å². The zero-order valence-electron chi connectivity index (χ0n) is 28.3. The summed E-state index contributed by atoms with van der Waals surface area (Å²) in [7, 11) is 0. The van der Waals surface area contributed by atoms with Gasteiger partial charge in [-0.05, 0) is 19.3 Å². The van der Waals surface area contributed by atoms with Crippen LogP contribution in [0.2, 0.25) is 0 Å². The summed E-state index contributed by atoms with van der Waals surface area (Å²) in [6.07, 6.45) is 5.26. The first-order valence-electron chi connectivity index (χ1n) is 14.7. The average molecular weight is 654 g/mol. The summed E-state index contributed by atoms with van der Waals surface area (Å²) in [5, 5.41) is 0. The van der Waals surface area contributed by atoms with Gasteiger partial charge in [-0.1, -0.05) is 123 Å². The second-order valence-corrected chi connectivity index (χ2v) is 13.9. The van der Waals surface area contributed by atoms with Crippen LogP contribution in [0.15, 0.2) is 0 Å². The maximum Gasteiger partial charge on any atom is 3.00 e. The molecule has 0 aliphatic rings. The quantitative estimate of drug-likeness (QED) is 0.157. The first-order valence-corrected chi connectivity index (χ1v) is 14.7. The van der Waals surface area contributed by atoms with E-state index in [1.807, 2.05) is 41.5 Å². The van der Waals surface area contributed by atoms with E-state index < -0.39 is 16.2 Å². The van der Waals surface area contributed by atoms with Gasteiger partial charge in [-0.25, -0.2) is 0 Å². The second-order valence-electron chi connectivity index (χ2n) is 13.9. The predicted molar refractivity (Wildman–Crippen MR) is 161 cm³/mol. The van der Waals surface area contributed by atoms with Crippen LogP contribution in [0.25, 0.3) is 0 Å². The molecular weight excluding hydrogens is 593 g/mol. The molecule has 0 N–H and O–H groups in total. The van der Waals surface area contributed by atoms with Gasteiger partial charge in [0.1, 0.15) is 0 Å². The molecule has 0 saturated heterocycles. The van der Waals surface area contributed by atoms with Crippen molar-refractivity contribution in [2.75, 3.05) is 0 Å². The summed E-state index contributed by atoms with van der Waals surface area (Å²) in [5.74, 6) is -1.71. The van der Waals surface area contributed by atoms with Crippen LogP contribution >= 0.6 is 0 Å². The Hall–Kier alpha value is -1.36. The molecule has 0 aliphatic carbocycles. The van der Waals surface area contributed by atoms with Crippen LogP contribution in [-0.4, -0.2) is 34.7 Å². The van der Waals surface area contributed by atoms with Crippen LogP contribution < -0.4 is 0 Å². The van der Waals surface area contributed by atoms with E-state index in [-0.39, 0.29) is 71.9 Å². The van der Waals surface area contributed by atoms with Crippen LogP contribution in [0.1, 0.15) is 142 Å². The van der Waals surface area contributed by atoms with Crippen molar-refractivity contribution in [2.45, 2.75) is 142 Å². The van der Waals surface area contributed by atoms with Crippen molar-refractivity contribution in [2.24, 2.45) is 34.0 Å². The van der Waals surface area contributed by atoms with E-state index >= 15 is 0 Å². The molecule has 233 valence electrons. The number of Topliss-reactive ketones (excluding diaryl/α,β-unsaturated/α-hetero) is 6. The SMILES string of the molecule is CCCC(C)C(=O)C(=O)C(C)(C)C.CCCC(C)C(=O)C(=O)C(C)(C)C.CCCC(C)C(=O)C(=O)C(C)(C)C.[Ru+3]. The second kappa shape index (κ2) is 20.5. The summed E-state index contributed by atoms with van der Waals surface area (Å²) in [4.78, 5) is 69.2. The van der Waals surface area contributed by atoms with E-state index in [1.54, 1.807) is 62.3 Å². The standard InChI is InChI=1S/3C11H20O2.Ru/c3*1-6-7-8(2)9(12)10(13)11(3,4)5;/h3*8H,6-7H2,1-5H3;/q;;;+3. The van der Waals surface area contributed by atoms with Gasteiger partial charge in [0.05, 0.1) is 0 Å². The Morgan fingerprint density at radius 1 is 0.425 bits per heavy atom. The fourth-order valence-corrected chi connectivity index (χ4v) is 3.47. The van der Waals surface area contributed by atoms with Gasteiger partial charge in [-0.15, -0.1) is 0 Å². The molecule has 0 saturated carbocycles. The molecule has 0 fully saturated rings. The number of carbonyl (C=O) groups excluding carboxylic acids is 6. The van der Waals surface area contributed by atoms with Gasteiger partial charge in [-0.2, -0.15) is 0 Å². The van der Waals surface area contributed by atoms with E-state index in [0.717, 1.165) is 38.5 Å². The Morgan fingerprint density at radius 3 is 0.675 bits per heavy atom. The molecule has 0 aromatic carbocycles. The molecular formula is C33H60O6Ru+3. The Kier molecular flexibility index (Phi) is 23.4. The molecule has 1 radical (unpaired) electrons. The minimum Gasteiger partial charge on any atom is -0.291 e. The normalized spacial score (nSPS) is 13.6. The summed E-state index contributed by atoms with van der Waals surface area (Å²) in [6, 6.07) is 0. The van der Waals surface area contributed by atoms with Crippen LogP contribution in [-0.2, 0) is 48.2 Å². The predicted octanol–water partition coefficient (Wildman–Crippen LogP) is 7.82. The smallest absolute Gasteiger partial charge is 0.291 e. The molecule has 0 aliphatic heterocycles. The van der Waals surface area contributed by atoms with Gasteiger partial charge in [0.25, 0.3) is 0 Å². The Balaban J connectivity index is -0.000000240. The molecule has 0 aromatic rings.